The molecule has 2 aromatic rings. The Morgan fingerprint density at radius 1 is 1.19 bits per heavy atom. The van der Waals surface area contributed by atoms with E-state index in [1.165, 1.54) is 18.7 Å². The van der Waals surface area contributed by atoms with Crippen LogP contribution in [0.3, 0.4) is 0 Å². The molecule has 0 aliphatic rings. The second kappa shape index (κ2) is 8.04. The number of nitrogens with zero attached hydrogens (tertiary/aromatic N) is 2. The van der Waals surface area contributed by atoms with Crippen molar-refractivity contribution in [3.8, 4) is 17.1 Å². The number of hydrogen-bond acceptors (Lipinski definition) is 6. The first kappa shape index (κ1) is 20.8. The van der Waals surface area contributed by atoms with Crippen molar-refractivity contribution >= 4 is 27.9 Å². The van der Waals surface area contributed by atoms with Crippen molar-refractivity contribution in [1.29, 1.82) is 0 Å². The first-order chi connectivity index (χ1) is 12.6. The third kappa shape index (κ3) is 4.44. The quantitative estimate of drug-likeness (QED) is 0.540. The van der Waals surface area contributed by atoms with E-state index in [0.717, 1.165) is 5.56 Å². The highest BCUT2D eigenvalue weighted by Crippen LogP contribution is 2.23. The average molecular weight is 437 g/mol. The van der Waals surface area contributed by atoms with Crippen LogP contribution in [-0.4, -0.2) is 28.6 Å². The number of methoxy groups -OCH3 is 1. The molecule has 2 rings (SSSR count). The summed E-state index contributed by atoms with van der Waals surface area (Å²) in [5.41, 5.74) is -0.158. The highest BCUT2D eigenvalue weighted by molar-refractivity contribution is 9.08. The Balaban J connectivity index is 2.66. The average Bonchev–Trinajstić information content (AvgIpc) is 2.64. The van der Waals surface area contributed by atoms with Gasteiger partial charge in [0, 0.05) is 17.9 Å². The summed E-state index contributed by atoms with van der Waals surface area (Å²) in [6, 6.07) is 7.34. The molecule has 1 aromatic heterocycles. The van der Waals surface area contributed by atoms with Crippen molar-refractivity contribution in [1.82, 2.24) is 9.55 Å². The third-order valence-electron chi connectivity index (χ3n) is 3.80. The SMILES string of the molecule is COC(=O)c1nc(-c2ccc(CBr)cc2)n(C)c(=O)c1OC(=O)C(C)(C)C. The summed E-state index contributed by atoms with van der Waals surface area (Å²) in [4.78, 5) is 41.5. The molecule has 0 atom stereocenters. The molecule has 1 heterocycles. The van der Waals surface area contributed by atoms with Crippen molar-refractivity contribution in [2.24, 2.45) is 12.5 Å². The van der Waals surface area contributed by atoms with E-state index in [-0.39, 0.29) is 11.5 Å². The number of benzene rings is 1. The molecule has 0 spiro atoms. The van der Waals surface area contributed by atoms with Gasteiger partial charge in [0.1, 0.15) is 5.82 Å². The fourth-order valence-corrected chi connectivity index (χ4v) is 2.53. The number of carbonyl (C=O) groups is 2. The summed E-state index contributed by atoms with van der Waals surface area (Å²) in [7, 11) is 2.67. The van der Waals surface area contributed by atoms with Crippen molar-refractivity contribution in [2.45, 2.75) is 26.1 Å². The smallest absolute Gasteiger partial charge is 0.360 e. The molecule has 0 N–H and O–H groups in total. The van der Waals surface area contributed by atoms with Crippen molar-refractivity contribution < 1.29 is 19.1 Å². The number of rotatable bonds is 4. The van der Waals surface area contributed by atoms with Gasteiger partial charge in [-0.3, -0.25) is 14.2 Å². The number of hydrogen-bond donors (Lipinski definition) is 0. The fraction of sp³-hybridized carbons (Fsp3) is 0.368. The predicted molar refractivity (Wildman–Crippen MR) is 104 cm³/mol. The highest BCUT2D eigenvalue weighted by atomic mass is 79.9. The van der Waals surface area contributed by atoms with Crippen LogP contribution in [0.5, 0.6) is 5.75 Å². The number of alkyl halides is 1. The standard InChI is InChI=1S/C19H21BrN2O5/c1-19(2,3)18(25)27-14-13(17(24)26-5)21-15(22(4)16(14)23)12-8-6-11(10-20)7-9-12/h6-9H,10H2,1-5H3. The molecule has 0 bridgehead atoms. The minimum absolute atomic E-state index is 0.261. The summed E-state index contributed by atoms with van der Waals surface area (Å²) in [5.74, 6) is -1.69. The first-order valence-electron chi connectivity index (χ1n) is 8.17. The van der Waals surface area contributed by atoms with Gasteiger partial charge in [0.25, 0.3) is 5.56 Å². The predicted octanol–water partition coefficient (Wildman–Crippen LogP) is 3.08. The minimum Gasteiger partial charge on any atom is -0.464 e. The second-order valence-electron chi connectivity index (χ2n) is 6.94. The molecule has 7 nitrogen and oxygen atoms in total. The monoisotopic (exact) mass is 436 g/mol. The van der Waals surface area contributed by atoms with Gasteiger partial charge in [-0.15, -0.1) is 0 Å². The lowest BCUT2D eigenvalue weighted by molar-refractivity contribution is -0.143. The Bertz CT molecular complexity index is 927. The summed E-state index contributed by atoms with van der Waals surface area (Å²) in [6.07, 6.45) is 0. The van der Waals surface area contributed by atoms with Crippen molar-refractivity contribution in [2.75, 3.05) is 7.11 Å². The minimum atomic E-state index is -0.859. The molecule has 0 saturated carbocycles. The molecule has 0 radical (unpaired) electrons. The van der Waals surface area contributed by atoms with Gasteiger partial charge >= 0.3 is 11.9 Å². The van der Waals surface area contributed by atoms with Crippen LogP contribution in [0, 0.1) is 5.41 Å². The van der Waals surface area contributed by atoms with Gasteiger partial charge in [0.05, 0.1) is 12.5 Å². The molecule has 27 heavy (non-hydrogen) atoms. The van der Waals surface area contributed by atoms with E-state index in [1.54, 1.807) is 32.9 Å². The number of esters is 2. The van der Waals surface area contributed by atoms with Crippen LogP contribution >= 0.6 is 15.9 Å². The summed E-state index contributed by atoms with van der Waals surface area (Å²) in [5, 5.41) is 0.689. The topological polar surface area (TPSA) is 87.5 Å². The number of aromatic nitrogens is 2. The van der Waals surface area contributed by atoms with Crippen molar-refractivity contribution in [3.05, 3.63) is 45.9 Å². The van der Waals surface area contributed by atoms with Crippen LogP contribution in [0.2, 0.25) is 0 Å². The molecule has 144 valence electrons. The van der Waals surface area contributed by atoms with Gasteiger partial charge in [-0.2, -0.15) is 0 Å². The number of halogens is 1. The van der Waals surface area contributed by atoms with E-state index < -0.39 is 28.7 Å². The molecular weight excluding hydrogens is 416 g/mol. The van der Waals surface area contributed by atoms with E-state index in [0.29, 0.717) is 10.9 Å². The van der Waals surface area contributed by atoms with E-state index in [1.807, 2.05) is 12.1 Å². The van der Waals surface area contributed by atoms with Gasteiger partial charge < -0.3 is 9.47 Å². The van der Waals surface area contributed by atoms with E-state index in [4.69, 9.17) is 9.47 Å². The highest BCUT2D eigenvalue weighted by Gasteiger charge is 2.30. The van der Waals surface area contributed by atoms with Crippen LogP contribution in [0.15, 0.2) is 29.1 Å². The zero-order valence-corrected chi connectivity index (χ0v) is 17.4. The molecule has 0 unspecified atom stereocenters. The van der Waals surface area contributed by atoms with E-state index in [2.05, 4.69) is 20.9 Å². The molecule has 0 aliphatic heterocycles. The molecule has 0 saturated heterocycles. The largest absolute Gasteiger partial charge is 0.464 e. The number of ether oxygens (including phenoxy) is 2. The van der Waals surface area contributed by atoms with Crippen LogP contribution < -0.4 is 10.3 Å². The maximum Gasteiger partial charge on any atom is 0.360 e. The second-order valence-corrected chi connectivity index (χ2v) is 7.50. The Morgan fingerprint density at radius 2 is 1.78 bits per heavy atom. The lowest BCUT2D eigenvalue weighted by Crippen LogP contribution is -2.32. The van der Waals surface area contributed by atoms with Crippen LogP contribution in [0.1, 0.15) is 36.8 Å². The zero-order chi connectivity index (χ0) is 20.4. The van der Waals surface area contributed by atoms with Gasteiger partial charge in [0.15, 0.2) is 5.69 Å². The molecule has 8 heteroatoms. The lowest BCUT2D eigenvalue weighted by Gasteiger charge is -2.18. The van der Waals surface area contributed by atoms with Gasteiger partial charge in [-0.25, -0.2) is 9.78 Å². The zero-order valence-electron chi connectivity index (χ0n) is 15.8. The fourth-order valence-electron chi connectivity index (χ4n) is 2.16. The molecular formula is C19H21BrN2O5. The molecule has 0 amide bonds. The lowest BCUT2D eigenvalue weighted by atomic mass is 9.97. The Kier molecular flexibility index (Phi) is 6.20. The van der Waals surface area contributed by atoms with Gasteiger partial charge in [-0.1, -0.05) is 40.2 Å². The van der Waals surface area contributed by atoms with Crippen molar-refractivity contribution in [3.63, 3.8) is 0 Å². The molecule has 1 aromatic carbocycles. The van der Waals surface area contributed by atoms with E-state index in [9.17, 15) is 14.4 Å². The normalized spacial score (nSPS) is 11.2. The Hall–Kier alpha value is -2.48. The number of carbonyl (C=O) groups excluding carboxylic acids is 2. The van der Waals surface area contributed by atoms with Crippen LogP contribution in [0.25, 0.3) is 11.4 Å². The Morgan fingerprint density at radius 3 is 2.26 bits per heavy atom. The van der Waals surface area contributed by atoms with E-state index >= 15 is 0 Å². The summed E-state index contributed by atoms with van der Waals surface area (Å²) in [6.45, 7) is 4.93. The molecule has 0 aliphatic carbocycles. The van der Waals surface area contributed by atoms with Crippen LogP contribution in [-0.2, 0) is 21.9 Å². The Labute approximate surface area is 165 Å². The maximum atomic E-state index is 12.8. The summed E-state index contributed by atoms with van der Waals surface area (Å²) < 4.78 is 11.2. The van der Waals surface area contributed by atoms with Gasteiger partial charge in [-0.05, 0) is 26.3 Å². The maximum absolute atomic E-state index is 12.8. The van der Waals surface area contributed by atoms with Crippen LogP contribution in [0.4, 0.5) is 0 Å². The first-order valence-corrected chi connectivity index (χ1v) is 9.29. The van der Waals surface area contributed by atoms with Gasteiger partial charge in [0.2, 0.25) is 5.75 Å². The molecule has 0 fully saturated rings. The third-order valence-corrected chi connectivity index (χ3v) is 4.45. The summed E-state index contributed by atoms with van der Waals surface area (Å²) >= 11 is 3.37.